The van der Waals surface area contributed by atoms with Gasteiger partial charge in [0.05, 0.1) is 5.69 Å². The molecule has 0 unspecified atom stereocenters. The predicted molar refractivity (Wildman–Crippen MR) is 103 cm³/mol. The van der Waals surface area contributed by atoms with E-state index in [1.807, 2.05) is 19.1 Å². The van der Waals surface area contributed by atoms with Gasteiger partial charge < -0.3 is 9.84 Å². The van der Waals surface area contributed by atoms with Crippen molar-refractivity contribution in [2.24, 2.45) is 0 Å². The third-order valence-electron chi connectivity index (χ3n) is 4.49. The van der Waals surface area contributed by atoms with E-state index in [2.05, 4.69) is 4.98 Å². The zero-order chi connectivity index (χ0) is 19.1. The summed E-state index contributed by atoms with van der Waals surface area (Å²) >= 11 is 7.38. The normalized spacial score (nSPS) is 13.4. The van der Waals surface area contributed by atoms with Crippen LogP contribution in [0.3, 0.4) is 0 Å². The molecule has 3 aromatic rings. The second kappa shape index (κ2) is 6.86. The maximum absolute atomic E-state index is 13.0. The molecule has 27 heavy (non-hydrogen) atoms. The minimum Gasteiger partial charge on any atom is -0.449 e. The lowest BCUT2D eigenvalue weighted by Gasteiger charge is -2.18. The van der Waals surface area contributed by atoms with Gasteiger partial charge in [0, 0.05) is 28.6 Å². The molecule has 3 heterocycles. The number of carboxylic acid groups (broad SMARTS) is 1. The number of rotatable bonds is 3. The van der Waals surface area contributed by atoms with E-state index in [0.29, 0.717) is 23.8 Å². The van der Waals surface area contributed by atoms with Gasteiger partial charge in [0.2, 0.25) is 5.88 Å². The monoisotopic (exact) mass is 405 g/mol. The van der Waals surface area contributed by atoms with Crippen LogP contribution in [0.4, 0.5) is 4.79 Å². The zero-order valence-corrected chi connectivity index (χ0v) is 16.0. The Labute approximate surface area is 163 Å². The summed E-state index contributed by atoms with van der Waals surface area (Å²) in [6.45, 7) is 2.92. The number of carbonyl (C=O) groups is 1. The fourth-order valence-corrected chi connectivity index (χ4v) is 4.32. The summed E-state index contributed by atoms with van der Waals surface area (Å²) in [7, 11) is 0. The molecule has 2 aromatic heterocycles. The molecule has 0 spiro atoms. The van der Waals surface area contributed by atoms with Crippen LogP contribution in [0.5, 0.6) is 5.88 Å². The van der Waals surface area contributed by atoms with E-state index in [4.69, 9.17) is 21.4 Å². The maximum Gasteiger partial charge on any atom is 0.512 e. The number of nitrogens with zero attached hydrogens (tertiary/aromatic N) is 3. The Hall–Kier alpha value is -2.58. The molecule has 1 N–H and O–H groups in total. The minimum absolute atomic E-state index is 0.0447. The SMILES string of the molecule is Cc1sc(-c2ccc(Cl)cc2)nc1-c1c(OC(=O)O)n2n(c1=O)CCCC2. The van der Waals surface area contributed by atoms with Crippen LogP contribution in [-0.4, -0.2) is 25.6 Å². The van der Waals surface area contributed by atoms with Crippen molar-refractivity contribution < 1.29 is 14.6 Å². The molecule has 9 heteroatoms. The first kappa shape index (κ1) is 17.8. The second-order valence-corrected chi connectivity index (χ2v) is 7.88. The van der Waals surface area contributed by atoms with Crippen LogP contribution in [0.15, 0.2) is 29.1 Å². The Kier molecular flexibility index (Phi) is 4.53. The van der Waals surface area contributed by atoms with Gasteiger partial charge in [-0.25, -0.2) is 14.5 Å². The number of benzene rings is 1. The Bertz CT molecular complexity index is 1080. The van der Waals surface area contributed by atoms with Crippen molar-refractivity contribution in [3.8, 4) is 27.7 Å². The quantitative estimate of drug-likeness (QED) is 0.658. The van der Waals surface area contributed by atoms with Crippen molar-refractivity contribution in [2.45, 2.75) is 32.9 Å². The van der Waals surface area contributed by atoms with E-state index < -0.39 is 6.16 Å². The number of halogens is 1. The van der Waals surface area contributed by atoms with Gasteiger partial charge in [0.25, 0.3) is 5.56 Å². The van der Waals surface area contributed by atoms with Gasteiger partial charge in [-0.1, -0.05) is 23.7 Å². The minimum atomic E-state index is -1.45. The van der Waals surface area contributed by atoms with E-state index in [9.17, 15) is 9.59 Å². The molecule has 1 aromatic carbocycles. The lowest BCUT2D eigenvalue weighted by atomic mass is 10.2. The molecular formula is C18H16ClN3O4S. The summed E-state index contributed by atoms with van der Waals surface area (Å²) in [6.07, 6.45) is 0.269. The fourth-order valence-electron chi connectivity index (χ4n) is 3.27. The summed E-state index contributed by atoms with van der Waals surface area (Å²) in [5.41, 5.74) is 1.26. The molecule has 0 saturated heterocycles. The molecule has 7 nitrogen and oxygen atoms in total. The van der Waals surface area contributed by atoms with Crippen LogP contribution in [0, 0.1) is 6.92 Å². The lowest BCUT2D eigenvalue weighted by Crippen LogP contribution is -2.27. The highest BCUT2D eigenvalue weighted by Gasteiger charge is 2.29. The number of aryl methyl sites for hydroxylation is 1. The standard InChI is InChI=1S/C18H16ClN3O4S/c1-10-14(20-15(27-10)11-4-6-12(19)7-5-11)13-16(23)21-8-2-3-9-22(21)17(13)26-18(24)25/h4-7H,2-3,8-9H2,1H3,(H,24,25). The first-order valence-electron chi connectivity index (χ1n) is 8.44. The predicted octanol–water partition coefficient (Wildman–Crippen LogP) is 4.25. The van der Waals surface area contributed by atoms with Crippen LogP contribution in [0.25, 0.3) is 21.8 Å². The molecule has 0 saturated carbocycles. The smallest absolute Gasteiger partial charge is 0.449 e. The van der Waals surface area contributed by atoms with E-state index >= 15 is 0 Å². The van der Waals surface area contributed by atoms with Crippen LogP contribution in [0.1, 0.15) is 17.7 Å². The van der Waals surface area contributed by atoms with Gasteiger partial charge >= 0.3 is 6.16 Å². The summed E-state index contributed by atoms with van der Waals surface area (Å²) in [5, 5.41) is 10.5. The molecule has 0 fully saturated rings. The number of hydrogen-bond donors (Lipinski definition) is 1. The lowest BCUT2D eigenvalue weighted by molar-refractivity contribution is 0.137. The molecule has 1 aliphatic heterocycles. The second-order valence-electron chi connectivity index (χ2n) is 6.24. The van der Waals surface area contributed by atoms with Crippen molar-refractivity contribution >= 4 is 29.1 Å². The van der Waals surface area contributed by atoms with Crippen LogP contribution in [0.2, 0.25) is 5.02 Å². The molecule has 0 amide bonds. The van der Waals surface area contributed by atoms with Gasteiger partial charge in [0.15, 0.2) is 0 Å². The average Bonchev–Trinajstić information content (AvgIpc) is 3.14. The van der Waals surface area contributed by atoms with Crippen molar-refractivity contribution in [3.05, 3.63) is 44.5 Å². The Morgan fingerprint density at radius 2 is 1.89 bits per heavy atom. The summed E-state index contributed by atoms with van der Waals surface area (Å²) in [4.78, 5) is 29.6. The van der Waals surface area contributed by atoms with Gasteiger partial charge in [-0.3, -0.25) is 9.48 Å². The Morgan fingerprint density at radius 3 is 2.56 bits per heavy atom. The third kappa shape index (κ3) is 3.15. The first-order valence-corrected chi connectivity index (χ1v) is 9.63. The van der Waals surface area contributed by atoms with Crippen molar-refractivity contribution in [2.75, 3.05) is 0 Å². The van der Waals surface area contributed by atoms with Crippen LogP contribution in [-0.2, 0) is 13.1 Å². The molecule has 0 bridgehead atoms. The molecule has 140 valence electrons. The molecule has 0 radical (unpaired) electrons. The largest absolute Gasteiger partial charge is 0.512 e. The highest BCUT2D eigenvalue weighted by Crippen LogP contribution is 2.37. The molecule has 0 aliphatic carbocycles. The first-order chi connectivity index (χ1) is 13.0. The highest BCUT2D eigenvalue weighted by atomic mass is 35.5. The van der Waals surface area contributed by atoms with Gasteiger partial charge in [-0.05, 0) is 31.9 Å². The zero-order valence-electron chi connectivity index (χ0n) is 14.4. The number of aromatic nitrogens is 3. The van der Waals surface area contributed by atoms with E-state index in [1.165, 1.54) is 16.0 Å². The molecule has 0 atom stereocenters. The van der Waals surface area contributed by atoms with E-state index in [0.717, 1.165) is 28.3 Å². The van der Waals surface area contributed by atoms with Crippen molar-refractivity contribution in [1.29, 1.82) is 0 Å². The number of ether oxygens (including phenoxy) is 1. The summed E-state index contributed by atoms with van der Waals surface area (Å²) < 4.78 is 8.16. The number of hydrogen-bond acceptors (Lipinski definition) is 5. The molecule has 4 rings (SSSR count). The average molecular weight is 406 g/mol. The van der Waals surface area contributed by atoms with Crippen molar-refractivity contribution in [1.82, 2.24) is 14.3 Å². The third-order valence-corrected chi connectivity index (χ3v) is 5.76. The Balaban J connectivity index is 1.88. The number of fused-ring (bicyclic) bond motifs is 1. The summed E-state index contributed by atoms with van der Waals surface area (Å²) in [5.74, 6) is 0.0447. The topological polar surface area (TPSA) is 86.3 Å². The van der Waals surface area contributed by atoms with E-state index in [-0.39, 0.29) is 17.0 Å². The Morgan fingerprint density at radius 1 is 1.22 bits per heavy atom. The van der Waals surface area contributed by atoms with Crippen molar-refractivity contribution in [3.63, 3.8) is 0 Å². The summed E-state index contributed by atoms with van der Waals surface area (Å²) in [6, 6.07) is 7.27. The highest BCUT2D eigenvalue weighted by molar-refractivity contribution is 7.15. The molecule has 1 aliphatic rings. The van der Waals surface area contributed by atoms with Crippen LogP contribution < -0.4 is 10.3 Å². The fraction of sp³-hybridized carbons (Fsp3) is 0.278. The maximum atomic E-state index is 13.0. The van der Waals surface area contributed by atoms with Gasteiger partial charge in [-0.15, -0.1) is 11.3 Å². The van der Waals surface area contributed by atoms with Crippen LogP contribution >= 0.6 is 22.9 Å². The van der Waals surface area contributed by atoms with Gasteiger partial charge in [0.1, 0.15) is 10.6 Å². The molecular weight excluding hydrogens is 390 g/mol. The number of thiazole rings is 1. The van der Waals surface area contributed by atoms with E-state index in [1.54, 1.807) is 16.8 Å². The van der Waals surface area contributed by atoms with Gasteiger partial charge in [-0.2, -0.15) is 0 Å².